The van der Waals surface area contributed by atoms with Crippen LogP contribution in [0.3, 0.4) is 0 Å². The zero-order valence-electron chi connectivity index (χ0n) is 10.8. The molecule has 0 bridgehead atoms. The lowest BCUT2D eigenvalue weighted by Gasteiger charge is -2.21. The van der Waals surface area contributed by atoms with Crippen molar-refractivity contribution in [2.75, 3.05) is 0 Å². The smallest absolute Gasteiger partial charge is 0.252 e. The molecule has 0 aliphatic heterocycles. The topological polar surface area (TPSA) is 52.9 Å². The van der Waals surface area contributed by atoms with Crippen LogP contribution in [-0.2, 0) is 0 Å². The summed E-state index contributed by atoms with van der Waals surface area (Å²) in [6, 6.07) is 7.86. The number of amides is 1. The molecule has 1 aromatic carbocycles. The maximum atomic E-state index is 12.1. The Kier molecular flexibility index (Phi) is 3.90. The highest BCUT2D eigenvalue weighted by Crippen LogP contribution is 2.14. The zero-order valence-corrected chi connectivity index (χ0v) is 10.8. The first-order valence-corrected chi connectivity index (χ1v) is 5.73. The molecular formula is C14H18N2O. The minimum atomic E-state index is -0.798. The zero-order chi connectivity index (χ0) is 13.1. The van der Waals surface area contributed by atoms with E-state index in [1.54, 1.807) is 6.92 Å². The van der Waals surface area contributed by atoms with E-state index in [1.165, 1.54) is 0 Å². The highest BCUT2D eigenvalue weighted by Gasteiger charge is 2.24. The second kappa shape index (κ2) is 5.01. The Balaban J connectivity index is 2.99. The Morgan fingerprint density at radius 2 is 2.12 bits per heavy atom. The SMILES string of the molecule is CCC(C)(C#N)NC(=O)c1cc(C)ccc1C. The molecule has 0 saturated carbocycles. The van der Waals surface area contributed by atoms with Gasteiger partial charge < -0.3 is 5.32 Å². The molecule has 1 amide bonds. The fourth-order valence-electron chi connectivity index (χ4n) is 1.49. The van der Waals surface area contributed by atoms with Gasteiger partial charge in [-0.25, -0.2) is 0 Å². The van der Waals surface area contributed by atoms with Crippen molar-refractivity contribution in [1.82, 2.24) is 5.32 Å². The van der Waals surface area contributed by atoms with E-state index in [0.29, 0.717) is 12.0 Å². The summed E-state index contributed by atoms with van der Waals surface area (Å²) in [4.78, 5) is 12.1. The molecule has 0 heterocycles. The average Bonchev–Trinajstić information content (AvgIpc) is 2.32. The van der Waals surface area contributed by atoms with E-state index in [0.717, 1.165) is 11.1 Å². The fourth-order valence-corrected chi connectivity index (χ4v) is 1.49. The molecule has 1 atom stereocenters. The number of aryl methyl sites for hydroxylation is 2. The minimum absolute atomic E-state index is 0.183. The Hall–Kier alpha value is -1.82. The molecule has 0 aromatic heterocycles. The number of nitriles is 1. The number of nitrogens with one attached hydrogen (secondary N) is 1. The first-order valence-electron chi connectivity index (χ1n) is 5.73. The second-order valence-corrected chi connectivity index (χ2v) is 4.57. The third-order valence-corrected chi connectivity index (χ3v) is 2.98. The molecule has 0 aliphatic rings. The van der Waals surface area contributed by atoms with Gasteiger partial charge in [-0.1, -0.05) is 24.6 Å². The summed E-state index contributed by atoms with van der Waals surface area (Å²) >= 11 is 0. The molecule has 0 radical (unpaired) electrons. The Bertz CT molecular complexity index is 474. The monoisotopic (exact) mass is 230 g/mol. The van der Waals surface area contributed by atoms with Gasteiger partial charge in [0.25, 0.3) is 5.91 Å². The van der Waals surface area contributed by atoms with Gasteiger partial charge in [0.05, 0.1) is 6.07 Å². The highest BCUT2D eigenvalue weighted by atomic mass is 16.1. The normalized spacial score (nSPS) is 13.6. The lowest BCUT2D eigenvalue weighted by molar-refractivity contribution is 0.0922. The molecule has 17 heavy (non-hydrogen) atoms. The maximum absolute atomic E-state index is 12.1. The number of benzene rings is 1. The molecule has 0 saturated heterocycles. The van der Waals surface area contributed by atoms with Gasteiger partial charge in [0, 0.05) is 5.56 Å². The molecule has 3 heteroatoms. The van der Waals surface area contributed by atoms with E-state index in [-0.39, 0.29) is 5.91 Å². The van der Waals surface area contributed by atoms with Crippen molar-refractivity contribution in [3.63, 3.8) is 0 Å². The van der Waals surface area contributed by atoms with Crippen molar-refractivity contribution < 1.29 is 4.79 Å². The summed E-state index contributed by atoms with van der Waals surface area (Å²) < 4.78 is 0. The van der Waals surface area contributed by atoms with Crippen LogP contribution in [0, 0.1) is 25.2 Å². The van der Waals surface area contributed by atoms with E-state index in [9.17, 15) is 4.79 Å². The van der Waals surface area contributed by atoms with Crippen LogP contribution in [0.4, 0.5) is 0 Å². The molecule has 1 unspecified atom stereocenters. The van der Waals surface area contributed by atoms with Gasteiger partial charge in [-0.2, -0.15) is 5.26 Å². The molecule has 90 valence electrons. The number of rotatable bonds is 3. The molecule has 0 aliphatic carbocycles. The van der Waals surface area contributed by atoms with Gasteiger partial charge in [-0.05, 0) is 38.8 Å². The van der Waals surface area contributed by atoms with Gasteiger partial charge in [0.1, 0.15) is 5.54 Å². The molecule has 0 spiro atoms. The lowest BCUT2D eigenvalue weighted by atomic mass is 9.99. The lowest BCUT2D eigenvalue weighted by Crippen LogP contribution is -2.44. The standard InChI is InChI=1S/C14H18N2O/c1-5-14(4,9-15)16-13(17)12-8-10(2)6-7-11(12)3/h6-8H,5H2,1-4H3,(H,16,17). The average molecular weight is 230 g/mol. The summed E-state index contributed by atoms with van der Waals surface area (Å²) in [5, 5.41) is 11.8. The van der Waals surface area contributed by atoms with Crippen LogP contribution in [0.15, 0.2) is 18.2 Å². The van der Waals surface area contributed by atoms with E-state index in [1.807, 2.05) is 39.0 Å². The molecule has 1 rings (SSSR count). The van der Waals surface area contributed by atoms with Crippen LogP contribution >= 0.6 is 0 Å². The quantitative estimate of drug-likeness (QED) is 0.868. The van der Waals surface area contributed by atoms with Crippen LogP contribution in [-0.4, -0.2) is 11.4 Å². The molecular weight excluding hydrogens is 212 g/mol. The minimum Gasteiger partial charge on any atom is -0.334 e. The van der Waals surface area contributed by atoms with Crippen LogP contribution in [0.5, 0.6) is 0 Å². The van der Waals surface area contributed by atoms with E-state index in [2.05, 4.69) is 11.4 Å². The Morgan fingerprint density at radius 1 is 1.47 bits per heavy atom. The van der Waals surface area contributed by atoms with Crippen LogP contribution in [0.1, 0.15) is 41.8 Å². The van der Waals surface area contributed by atoms with Gasteiger partial charge >= 0.3 is 0 Å². The molecule has 0 fully saturated rings. The molecule has 1 N–H and O–H groups in total. The van der Waals surface area contributed by atoms with Crippen molar-refractivity contribution in [3.8, 4) is 6.07 Å². The van der Waals surface area contributed by atoms with Crippen molar-refractivity contribution in [1.29, 1.82) is 5.26 Å². The van der Waals surface area contributed by atoms with Crippen LogP contribution < -0.4 is 5.32 Å². The van der Waals surface area contributed by atoms with E-state index >= 15 is 0 Å². The van der Waals surface area contributed by atoms with E-state index < -0.39 is 5.54 Å². The summed E-state index contributed by atoms with van der Waals surface area (Å²) in [6.45, 7) is 7.45. The van der Waals surface area contributed by atoms with Gasteiger partial charge in [-0.3, -0.25) is 4.79 Å². The summed E-state index contributed by atoms with van der Waals surface area (Å²) in [5.74, 6) is -0.183. The Morgan fingerprint density at radius 3 is 2.65 bits per heavy atom. The van der Waals surface area contributed by atoms with Crippen molar-refractivity contribution in [2.45, 2.75) is 39.7 Å². The largest absolute Gasteiger partial charge is 0.334 e. The van der Waals surface area contributed by atoms with Gasteiger partial charge in [0.2, 0.25) is 0 Å². The number of hydrogen-bond donors (Lipinski definition) is 1. The number of carbonyl (C=O) groups is 1. The fraction of sp³-hybridized carbons (Fsp3) is 0.429. The van der Waals surface area contributed by atoms with E-state index in [4.69, 9.17) is 5.26 Å². The first kappa shape index (κ1) is 13.2. The van der Waals surface area contributed by atoms with Crippen molar-refractivity contribution in [2.24, 2.45) is 0 Å². The summed E-state index contributed by atoms with van der Waals surface area (Å²) in [5.41, 5.74) is 1.80. The van der Waals surface area contributed by atoms with Crippen molar-refractivity contribution >= 4 is 5.91 Å². The molecule has 3 nitrogen and oxygen atoms in total. The van der Waals surface area contributed by atoms with Gasteiger partial charge in [0.15, 0.2) is 0 Å². The van der Waals surface area contributed by atoms with Crippen LogP contribution in [0.25, 0.3) is 0 Å². The van der Waals surface area contributed by atoms with Gasteiger partial charge in [-0.15, -0.1) is 0 Å². The van der Waals surface area contributed by atoms with Crippen LogP contribution in [0.2, 0.25) is 0 Å². The summed E-state index contributed by atoms with van der Waals surface area (Å²) in [6.07, 6.45) is 0.583. The maximum Gasteiger partial charge on any atom is 0.252 e. The van der Waals surface area contributed by atoms with Crippen molar-refractivity contribution in [3.05, 3.63) is 34.9 Å². The Labute approximate surface area is 102 Å². The first-order chi connectivity index (χ1) is 7.91. The molecule has 1 aromatic rings. The summed E-state index contributed by atoms with van der Waals surface area (Å²) in [7, 11) is 0. The number of nitrogens with zero attached hydrogens (tertiary/aromatic N) is 1. The highest BCUT2D eigenvalue weighted by molar-refractivity contribution is 5.96. The third kappa shape index (κ3) is 3.07. The third-order valence-electron chi connectivity index (χ3n) is 2.98. The number of carbonyl (C=O) groups excluding carboxylic acids is 1. The predicted molar refractivity (Wildman–Crippen MR) is 67.7 cm³/mol. The number of hydrogen-bond acceptors (Lipinski definition) is 2. The predicted octanol–water partition coefficient (Wildman–Crippen LogP) is 2.73. The second-order valence-electron chi connectivity index (χ2n) is 4.57.